The first-order valence-corrected chi connectivity index (χ1v) is 7.70. The SMILES string of the molecule is CNC(C)c1sc(N(C)c2cc(C)cc(C)c2)nc1C. The summed E-state index contributed by atoms with van der Waals surface area (Å²) in [5.74, 6) is 0. The van der Waals surface area contributed by atoms with Crippen LogP contribution in [-0.2, 0) is 0 Å². The molecule has 0 bridgehead atoms. The van der Waals surface area contributed by atoms with Gasteiger partial charge in [-0.2, -0.15) is 0 Å². The van der Waals surface area contributed by atoms with Crippen molar-refractivity contribution in [3.05, 3.63) is 39.9 Å². The molecule has 0 fully saturated rings. The Kier molecular flexibility index (Phi) is 4.45. The molecule has 0 radical (unpaired) electrons. The maximum Gasteiger partial charge on any atom is 0.190 e. The van der Waals surface area contributed by atoms with Crippen LogP contribution in [0, 0.1) is 20.8 Å². The fraction of sp³-hybridized carbons (Fsp3) is 0.438. The van der Waals surface area contributed by atoms with Crippen molar-refractivity contribution in [1.82, 2.24) is 10.3 Å². The van der Waals surface area contributed by atoms with Crippen molar-refractivity contribution >= 4 is 22.2 Å². The lowest BCUT2D eigenvalue weighted by atomic mass is 10.1. The highest BCUT2D eigenvalue weighted by Crippen LogP contribution is 2.34. The Morgan fingerprint density at radius 3 is 2.30 bits per heavy atom. The van der Waals surface area contributed by atoms with Crippen LogP contribution in [0.25, 0.3) is 0 Å². The van der Waals surface area contributed by atoms with Gasteiger partial charge in [-0.25, -0.2) is 4.98 Å². The lowest BCUT2D eigenvalue weighted by Gasteiger charge is -2.17. The Labute approximate surface area is 125 Å². The molecule has 0 amide bonds. The highest BCUT2D eigenvalue weighted by Gasteiger charge is 2.16. The van der Waals surface area contributed by atoms with Crippen molar-refractivity contribution in [3.8, 4) is 0 Å². The Morgan fingerprint density at radius 1 is 1.15 bits per heavy atom. The van der Waals surface area contributed by atoms with Crippen LogP contribution in [0.1, 0.15) is 34.7 Å². The smallest absolute Gasteiger partial charge is 0.190 e. The predicted octanol–water partition coefficient (Wildman–Crippen LogP) is 4.12. The quantitative estimate of drug-likeness (QED) is 0.918. The van der Waals surface area contributed by atoms with Gasteiger partial charge in [-0.05, 0) is 58.0 Å². The van der Waals surface area contributed by atoms with Crippen molar-refractivity contribution in [2.75, 3.05) is 19.0 Å². The van der Waals surface area contributed by atoms with Crippen LogP contribution < -0.4 is 10.2 Å². The number of aromatic nitrogens is 1. The number of nitrogens with zero attached hydrogens (tertiary/aromatic N) is 2. The van der Waals surface area contributed by atoms with E-state index in [1.165, 1.54) is 21.7 Å². The standard InChI is InChI=1S/C16H23N3S/c1-10-7-11(2)9-14(8-10)19(6)16-18-13(4)15(20-16)12(3)17-5/h7-9,12,17H,1-6H3. The molecule has 1 heterocycles. The number of nitrogens with one attached hydrogen (secondary N) is 1. The molecule has 2 rings (SSSR count). The summed E-state index contributed by atoms with van der Waals surface area (Å²) < 4.78 is 0. The molecule has 0 spiro atoms. The summed E-state index contributed by atoms with van der Waals surface area (Å²) in [6.45, 7) is 8.51. The van der Waals surface area contributed by atoms with Crippen LogP contribution >= 0.6 is 11.3 Å². The van der Waals surface area contributed by atoms with E-state index in [1.54, 1.807) is 11.3 Å². The van der Waals surface area contributed by atoms with E-state index in [2.05, 4.69) is 63.2 Å². The lowest BCUT2D eigenvalue weighted by Crippen LogP contribution is -2.11. The van der Waals surface area contributed by atoms with E-state index in [0.29, 0.717) is 6.04 Å². The molecule has 0 aliphatic heterocycles. The summed E-state index contributed by atoms with van der Waals surface area (Å²) in [6, 6.07) is 6.93. The minimum atomic E-state index is 0.342. The first kappa shape index (κ1) is 15.0. The Balaban J connectivity index is 2.36. The van der Waals surface area contributed by atoms with Crippen LogP contribution in [0.5, 0.6) is 0 Å². The van der Waals surface area contributed by atoms with Gasteiger partial charge in [0.1, 0.15) is 0 Å². The number of rotatable bonds is 4. The number of thiazole rings is 1. The Bertz CT molecular complexity index is 584. The van der Waals surface area contributed by atoms with E-state index in [4.69, 9.17) is 4.98 Å². The second-order valence-corrected chi connectivity index (χ2v) is 6.37. The molecule has 0 aliphatic rings. The summed E-state index contributed by atoms with van der Waals surface area (Å²) >= 11 is 1.76. The van der Waals surface area contributed by atoms with E-state index in [9.17, 15) is 0 Å². The van der Waals surface area contributed by atoms with Gasteiger partial charge in [0.25, 0.3) is 0 Å². The van der Waals surface area contributed by atoms with E-state index in [1.807, 2.05) is 7.05 Å². The Hall–Kier alpha value is -1.39. The van der Waals surface area contributed by atoms with Gasteiger partial charge in [0, 0.05) is 23.7 Å². The van der Waals surface area contributed by atoms with Gasteiger partial charge in [0.15, 0.2) is 5.13 Å². The zero-order valence-corrected chi connectivity index (χ0v) is 13.9. The van der Waals surface area contributed by atoms with Gasteiger partial charge < -0.3 is 10.2 Å². The number of hydrogen-bond acceptors (Lipinski definition) is 4. The molecular weight excluding hydrogens is 266 g/mol. The van der Waals surface area contributed by atoms with Crippen LogP contribution in [0.15, 0.2) is 18.2 Å². The molecule has 4 heteroatoms. The second kappa shape index (κ2) is 5.94. The summed E-state index contributed by atoms with van der Waals surface area (Å²) in [5.41, 5.74) is 4.87. The van der Waals surface area contributed by atoms with Gasteiger partial charge in [-0.3, -0.25) is 0 Å². The van der Waals surface area contributed by atoms with Gasteiger partial charge in [-0.1, -0.05) is 17.4 Å². The zero-order valence-electron chi connectivity index (χ0n) is 13.1. The summed E-state index contributed by atoms with van der Waals surface area (Å²) in [4.78, 5) is 8.19. The normalized spacial score (nSPS) is 12.5. The molecule has 1 N–H and O–H groups in total. The molecule has 2 aromatic rings. The third-order valence-corrected chi connectivity index (χ3v) is 4.94. The molecule has 3 nitrogen and oxygen atoms in total. The molecule has 1 unspecified atom stereocenters. The Morgan fingerprint density at radius 2 is 1.75 bits per heavy atom. The molecule has 0 saturated carbocycles. The molecule has 0 saturated heterocycles. The van der Waals surface area contributed by atoms with E-state index < -0.39 is 0 Å². The van der Waals surface area contributed by atoms with Crippen LogP contribution in [0.3, 0.4) is 0 Å². The average Bonchev–Trinajstić information content (AvgIpc) is 2.78. The molecule has 0 aliphatic carbocycles. The topological polar surface area (TPSA) is 28.2 Å². The van der Waals surface area contributed by atoms with Crippen LogP contribution in [0.4, 0.5) is 10.8 Å². The summed E-state index contributed by atoms with van der Waals surface area (Å²) in [7, 11) is 4.07. The molecular formula is C16H23N3S. The number of aryl methyl sites for hydroxylation is 3. The third-order valence-electron chi connectivity index (χ3n) is 3.53. The lowest BCUT2D eigenvalue weighted by molar-refractivity contribution is 0.658. The third kappa shape index (κ3) is 3.02. The fourth-order valence-corrected chi connectivity index (χ4v) is 3.43. The average molecular weight is 289 g/mol. The maximum absolute atomic E-state index is 4.72. The van der Waals surface area contributed by atoms with Crippen LogP contribution in [0.2, 0.25) is 0 Å². The zero-order chi connectivity index (χ0) is 14.9. The summed E-state index contributed by atoms with van der Waals surface area (Å²) in [5, 5.41) is 4.33. The predicted molar refractivity (Wildman–Crippen MR) is 88.3 cm³/mol. The number of anilines is 2. The van der Waals surface area contributed by atoms with Gasteiger partial charge in [0.05, 0.1) is 5.69 Å². The van der Waals surface area contributed by atoms with E-state index in [0.717, 1.165) is 10.8 Å². The van der Waals surface area contributed by atoms with Crippen molar-refractivity contribution in [2.24, 2.45) is 0 Å². The minimum Gasteiger partial charge on any atom is -0.321 e. The number of hydrogen-bond donors (Lipinski definition) is 1. The first-order valence-electron chi connectivity index (χ1n) is 6.89. The van der Waals surface area contributed by atoms with E-state index in [-0.39, 0.29) is 0 Å². The molecule has 20 heavy (non-hydrogen) atoms. The minimum absolute atomic E-state index is 0.342. The monoisotopic (exact) mass is 289 g/mol. The molecule has 108 valence electrons. The highest BCUT2D eigenvalue weighted by atomic mass is 32.1. The van der Waals surface area contributed by atoms with Gasteiger partial charge in [0.2, 0.25) is 0 Å². The van der Waals surface area contributed by atoms with E-state index >= 15 is 0 Å². The first-order chi connectivity index (χ1) is 9.42. The van der Waals surface area contributed by atoms with Crippen LogP contribution in [-0.4, -0.2) is 19.1 Å². The maximum atomic E-state index is 4.72. The van der Waals surface area contributed by atoms with Crippen molar-refractivity contribution < 1.29 is 0 Å². The van der Waals surface area contributed by atoms with Crippen molar-refractivity contribution in [1.29, 1.82) is 0 Å². The molecule has 1 aromatic heterocycles. The van der Waals surface area contributed by atoms with Crippen molar-refractivity contribution in [2.45, 2.75) is 33.7 Å². The fourth-order valence-electron chi connectivity index (χ4n) is 2.32. The van der Waals surface area contributed by atoms with Crippen molar-refractivity contribution in [3.63, 3.8) is 0 Å². The van der Waals surface area contributed by atoms with Gasteiger partial charge >= 0.3 is 0 Å². The molecule has 1 aromatic carbocycles. The van der Waals surface area contributed by atoms with Gasteiger partial charge in [-0.15, -0.1) is 0 Å². The molecule has 1 atom stereocenters. The summed E-state index contributed by atoms with van der Waals surface area (Å²) in [6.07, 6.45) is 0. The largest absolute Gasteiger partial charge is 0.321 e. The highest BCUT2D eigenvalue weighted by molar-refractivity contribution is 7.15. The second-order valence-electron chi connectivity index (χ2n) is 5.36. The number of benzene rings is 1.